The van der Waals surface area contributed by atoms with E-state index >= 15 is 0 Å². The molecule has 58 heavy (non-hydrogen) atoms. The van der Waals surface area contributed by atoms with Crippen LogP contribution in [-0.2, 0) is 0 Å². The third-order valence-electron chi connectivity index (χ3n) is 11.3. The van der Waals surface area contributed by atoms with Crippen LogP contribution in [0.3, 0.4) is 0 Å². The summed E-state index contributed by atoms with van der Waals surface area (Å²) in [7, 11) is 0. The van der Waals surface area contributed by atoms with Crippen molar-refractivity contribution in [2.24, 2.45) is 0 Å². The average molecular weight is 764 g/mol. The third-order valence-corrected chi connectivity index (χ3v) is 12.4. The van der Waals surface area contributed by atoms with Gasteiger partial charge in [0.1, 0.15) is 11.0 Å². The zero-order chi connectivity index (χ0) is 38.2. The molecular weight excluding hydrogens is 731 g/mol. The Morgan fingerprint density at radius 3 is 1.95 bits per heavy atom. The van der Waals surface area contributed by atoms with Gasteiger partial charge in [-0.3, -0.25) is 0 Å². The van der Waals surface area contributed by atoms with Crippen LogP contribution in [0.15, 0.2) is 184 Å². The Morgan fingerprint density at radius 2 is 1.17 bits per heavy atom. The van der Waals surface area contributed by atoms with Gasteiger partial charge >= 0.3 is 0 Å². The first-order valence-electron chi connectivity index (χ1n) is 19.6. The molecule has 1 aliphatic heterocycles. The molecule has 0 fully saturated rings. The Hall–Kier alpha value is -7.22. The van der Waals surface area contributed by atoms with Gasteiger partial charge in [-0.2, -0.15) is 0 Å². The van der Waals surface area contributed by atoms with Gasteiger partial charge in [0.15, 0.2) is 17.5 Å². The van der Waals surface area contributed by atoms with Crippen LogP contribution in [0.5, 0.6) is 0 Å². The van der Waals surface area contributed by atoms with Crippen molar-refractivity contribution in [2.75, 3.05) is 4.90 Å². The third kappa shape index (κ3) is 5.24. The fraction of sp³-hybridized carbons (Fsp3) is 0.0392. The lowest BCUT2D eigenvalue weighted by molar-refractivity contribution is 0.567. The summed E-state index contributed by atoms with van der Waals surface area (Å²) in [6, 6.07) is 59.7. The summed E-state index contributed by atoms with van der Waals surface area (Å²) in [6.45, 7) is 0. The summed E-state index contributed by atoms with van der Waals surface area (Å²) in [4.78, 5) is 20.0. The van der Waals surface area contributed by atoms with Crippen LogP contribution in [-0.4, -0.2) is 19.5 Å². The number of benzene rings is 7. The summed E-state index contributed by atoms with van der Waals surface area (Å²) in [6.07, 6.45) is 3.92. The molecule has 0 spiro atoms. The number of anilines is 3. The second kappa shape index (κ2) is 13.2. The molecule has 0 radical (unpaired) electrons. The highest BCUT2D eigenvalue weighted by atomic mass is 32.2. The zero-order valence-corrected chi connectivity index (χ0v) is 32.0. The number of hydrogen-bond acceptors (Lipinski definition) is 6. The quantitative estimate of drug-likeness (QED) is 0.174. The lowest BCUT2D eigenvalue weighted by atomic mass is 10.0. The fourth-order valence-corrected chi connectivity index (χ4v) is 9.73. The van der Waals surface area contributed by atoms with Crippen LogP contribution in [0, 0.1) is 0 Å². The van der Waals surface area contributed by atoms with E-state index < -0.39 is 0 Å². The van der Waals surface area contributed by atoms with E-state index in [0.717, 1.165) is 73.6 Å². The molecule has 0 saturated heterocycles. The van der Waals surface area contributed by atoms with Crippen molar-refractivity contribution in [3.63, 3.8) is 0 Å². The fourth-order valence-electron chi connectivity index (χ4n) is 8.65. The van der Waals surface area contributed by atoms with Gasteiger partial charge in [-0.25, -0.2) is 15.0 Å². The highest BCUT2D eigenvalue weighted by Gasteiger charge is 2.27. The summed E-state index contributed by atoms with van der Waals surface area (Å²) in [5.74, 6) is 1.94. The number of furan rings is 1. The van der Waals surface area contributed by atoms with E-state index in [1.165, 1.54) is 31.9 Å². The molecule has 0 N–H and O–H groups in total. The van der Waals surface area contributed by atoms with Crippen molar-refractivity contribution < 1.29 is 4.42 Å². The van der Waals surface area contributed by atoms with E-state index in [1.54, 1.807) is 0 Å². The predicted octanol–water partition coefficient (Wildman–Crippen LogP) is 11.8. The lowest BCUT2D eigenvalue weighted by Crippen LogP contribution is -2.27. The van der Waals surface area contributed by atoms with E-state index in [0.29, 0.717) is 17.5 Å². The zero-order valence-electron chi connectivity index (χ0n) is 31.2. The van der Waals surface area contributed by atoms with Crippen molar-refractivity contribution in [1.29, 1.82) is 0 Å². The van der Waals surface area contributed by atoms with Gasteiger partial charge in [0, 0.05) is 59.2 Å². The molecule has 1 aliphatic carbocycles. The van der Waals surface area contributed by atoms with Crippen LogP contribution in [0.25, 0.3) is 72.9 Å². The maximum Gasteiger partial charge on any atom is 0.164 e. The number of rotatable bonds is 5. The number of nitrogens with zero attached hydrogens (tertiary/aromatic N) is 5. The van der Waals surface area contributed by atoms with Gasteiger partial charge < -0.3 is 13.9 Å². The second-order valence-electron chi connectivity index (χ2n) is 14.7. The normalized spacial score (nSPS) is 13.4. The number of para-hydroxylation sites is 3. The SMILES string of the molecule is C1=c2c(oc3ccc(-n4c5ccccc5c5cc6c(cc54)N(c4ccccc4)c4ccccc4S6)cc23)=C(c2nc(-c3ccccc3)nc(-c3ccccc3)n2)CC1. The van der Waals surface area contributed by atoms with Gasteiger partial charge in [0.25, 0.3) is 0 Å². The first-order valence-corrected chi connectivity index (χ1v) is 20.4. The van der Waals surface area contributed by atoms with Crippen molar-refractivity contribution in [1.82, 2.24) is 19.5 Å². The topological polar surface area (TPSA) is 60.0 Å². The minimum atomic E-state index is 0.646. The van der Waals surface area contributed by atoms with Crippen molar-refractivity contribution in [3.05, 3.63) is 186 Å². The van der Waals surface area contributed by atoms with Gasteiger partial charge in [0.2, 0.25) is 0 Å². The van der Waals surface area contributed by atoms with E-state index in [1.807, 2.05) is 72.4 Å². The largest absolute Gasteiger partial charge is 0.456 e. The summed E-state index contributed by atoms with van der Waals surface area (Å²) >= 11 is 1.84. The number of hydrogen-bond donors (Lipinski definition) is 0. The van der Waals surface area contributed by atoms with Gasteiger partial charge in [0.05, 0.1) is 22.4 Å². The van der Waals surface area contributed by atoms with Crippen LogP contribution >= 0.6 is 11.8 Å². The van der Waals surface area contributed by atoms with Gasteiger partial charge in [-0.15, -0.1) is 0 Å². The van der Waals surface area contributed by atoms with E-state index in [2.05, 4.69) is 125 Å². The lowest BCUT2D eigenvalue weighted by Gasteiger charge is -2.33. The van der Waals surface area contributed by atoms with Crippen LogP contribution < -0.4 is 15.5 Å². The Balaban J connectivity index is 1.06. The molecule has 0 saturated carbocycles. The van der Waals surface area contributed by atoms with Gasteiger partial charge in [-0.1, -0.05) is 127 Å². The van der Waals surface area contributed by atoms with Crippen LogP contribution in [0.1, 0.15) is 18.7 Å². The minimum Gasteiger partial charge on any atom is -0.456 e. The van der Waals surface area contributed by atoms with Crippen molar-refractivity contribution >= 4 is 73.2 Å². The highest BCUT2D eigenvalue weighted by molar-refractivity contribution is 7.99. The summed E-state index contributed by atoms with van der Waals surface area (Å²) in [5, 5.41) is 4.61. The molecule has 6 nitrogen and oxygen atoms in total. The molecule has 2 aliphatic rings. The second-order valence-corrected chi connectivity index (χ2v) is 15.8. The van der Waals surface area contributed by atoms with Crippen molar-refractivity contribution in [3.8, 4) is 28.5 Å². The molecule has 7 aromatic carbocycles. The number of fused-ring (bicyclic) bond motifs is 8. The molecule has 0 amide bonds. The summed E-state index contributed by atoms with van der Waals surface area (Å²) in [5.41, 5.74) is 11.4. The molecule has 4 heterocycles. The Kier molecular flexibility index (Phi) is 7.50. The number of aromatic nitrogens is 4. The molecule has 3 aromatic heterocycles. The van der Waals surface area contributed by atoms with E-state index in [-0.39, 0.29) is 0 Å². The Labute approximate surface area is 338 Å². The standard InChI is InChI=1S/C51H33N5OS/c1-4-15-32(16-5-1)49-52-50(33-17-6-2-7-18-33)54-51(53-49)38-23-14-22-37-40-29-35(27-28-45(40)57-48(37)38)56-41-24-11-10-21-36(41)39-30-47-44(31-43(39)56)55(34-19-8-3-9-20-34)42-25-12-13-26-46(42)58-47/h1-13,15-22,24-31H,14,23H2. The monoisotopic (exact) mass is 763 g/mol. The van der Waals surface area contributed by atoms with E-state index in [4.69, 9.17) is 19.4 Å². The molecule has 274 valence electrons. The molecule has 10 aromatic rings. The van der Waals surface area contributed by atoms with Crippen molar-refractivity contribution in [2.45, 2.75) is 22.6 Å². The molecule has 0 atom stereocenters. The average Bonchev–Trinajstić information content (AvgIpc) is 3.83. The summed E-state index contributed by atoms with van der Waals surface area (Å²) < 4.78 is 9.19. The first kappa shape index (κ1) is 33.0. The highest BCUT2D eigenvalue weighted by Crippen LogP contribution is 2.53. The molecular formula is C51H33N5OS. The maximum atomic E-state index is 6.78. The van der Waals surface area contributed by atoms with Gasteiger partial charge in [-0.05, 0) is 73.5 Å². The minimum absolute atomic E-state index is 0.646. The van der Waals surface area contributed by atoms with Crippen LogP contribution in [0.4, 0.5) is 17.1 Å². The smallest absolute Gasteiger partial charge is 0.164 e. The first-order chi connectivity index (χ1) is 28.7. The van der Waals surface area contributed by atoms with Crippen LogP contribution in [0.2, 0.25) is 0 Å². The molecule has 0 unspecified atom stereocenters. The molecule has 12 rings (SSSR count). The maximum absolute atomic E-state index is 6.78. The molecule has 7 heteroatoms. The Morgan fingerprint density at radius 1 is 0.500 bits per heavy atom. The Bertz CT molecular complexity index is 3320. The van der Waals surface area contributed by atoms with E-state index in [9.17, 15) is 0 Å². The predicted molar refractivity (Wildman–Crippen MR) is 236 cm³/mol. The molecule has 0 bridgehead atoms.